The van der Waals surface area contributed by atoms with E-state index in [2.05, 4.69) is 4.72 Å². The molecule has 0 radical (unpaired) electrons. The van der Waals surface area contributed by atoms with Crippen LogP contribution >= 0.6 is 0 Å². The Bertz CT molecular complexity index is 230. The van der Waals surface area contributed by atoms with E-state index in [4.69, 9.17) is 0 Å². The summed E-state index contributed by atoms with van der Waals surface area (Å²) in [5.74, 6) is 0. The average molecular weight is 190 g/mol. The van der Waals surface area contributed by atoms with Gasteiger partial charge in [-0.3, -0.25) is 8.60 Å². The van der Waals surface area contributed by atoms with Crippen molar-refractivity contribution in [1.82, 2.24) is 0 Å². The van der Waals surface area contributed by atoms with Gasteiger partial charge in [-0.2, -0.15) is 0 Å². The van der Waals surface area contributed by atoms with Gasteiger partial charge < -0.3 is 9.27 Å². The molecule has 5 heteroatoms. The van der Waals surface area contributed by atoms with Crippen LogP contribution in [0.1, 0.15) is 0 Å². The summed E-state index contributed by atoms with van der Waals surface area (Å²) in [6, 6.07) is 8.69. The number of rotatable bonds is 2. The predicted molar refractivity (Wildman–Crippen MR) is 46.0 cm³/mol. The first-order chi connectivity index (χ1) is 5.79. The van der Waals surface area contributed by atoms with Crippen molar-refractivity contribution in [2.45, 2.75) is 0 Å². The number of halogens is 1. The summed E-state index contributed by atoms with van der Waals surface area (Å²) < 4.78 is 31.8. The SMILES string of the molecule is CF.O=S([O-])Nc1ccccc1. The van der Waals surface area contributed by atoms with Crippen LogP contribution in [0.4, 0.5) is 10.1 Å². The fraction of sp³-hybridized carbons (Fsp3) is 0.143. The minimum Gasteiger partial charge on any atom is -0.755 e. The van der Waals surface area contributed by atoms with Crippen LogP contribution in [0.2, 0.25) is 0 Å². The number of hydrogen-bond donors (Lipinski definition) is 1. The van der Waals surface area contributed by atoms with Crippen LogP contribution in [-0.2, 0) is 11.3 Å². The maximum atomic E-state index is 10.1. The Kier molecular flexibility index (Phi) is 6.22. The van der Waals surface area contributed by atoms with E-state index in [9.17, 15) is 13.2 Å². The highest BCUT2D eigenvalue weighted by Gasteiger charge is 1.84. The molecular formula is C7H9FNO2S-. The third-order valence-electron chi connectivity index (χ3n) is 0.975. The molecule has 0 saturated heterocycles. The van der Waals surface area contributed by atoms with Crippen LogP contribution in [0.5, 0.6) is 0 Å². The molecular weight excluding hydrogens is 181 g/mol. The summed E-state index contributed by atoms with van der Waals surface area (Å²) in [6.07, 6.45) is 0. The second kappa shape index (κ2) is 6.75. The molecule has 0 aromatic heterocycles. The van der Waals surface area contributed by atoms with Crippen LogP contribution in [0.3, 0.4) is 0 Å². The molecule has 1 N–H and O–H groups in total. The van der Waals surface area contributed by atoms with Crippen LogP contribution < -0.4 is 4.72 Å². The molecule has 12 heavy (non-hydrogen) atoms. The Balaban J connectivity index is 0.000000561. The van der Waals surface area contributed by atoms with E-state index in [1.54, 1.807) is 24.3 Å². The van der Waals surface area contributed by atoms with Gasteiger partial charge in [0.25, 0.3) is 0 Å². The average Bonchev–Trinajstić information content (AvgIpc) is 2.08. The van der Waals surface area contributed by atoms with Crippen molar-refractivity contribution < 1.29 is 13.2 Å². The molecule has 0 saturated carbocycles. The van der Waals surface area contributed by atoms with E-state index >= 15 is 0 Å². The monoisotopic (exact) mass is 190 g/mol. The summed E-state index contributed by atoms with van der Waals surface area (Å²) in [6.45, 7) is 0. The first-order valence-corrected chi connectivity index (χ1v) is 4.15. The van der Waals surface area contributed by atoms with E-state index in [-0.39, 0.29) is 0 Å². The van der Waals surface area contributed by atoms with Gasteiger partial charge in [-0.1, -0.05) is 18.2 Å². The maximum Gasteiger partial charge on any atom is 0.0785 e. The highest BCUT2D eigenvalue weighted by Crippen LogP contribution is 2.04. The molecule has 1 rings (SSSR count). The van der Waals surface area contributed by atoms with Crippen molar-refractivity contribution in [2.24, 2.45) is 0 Å². The third kappa shape index (κ3) is 4.81. The quantitative estimate of drug-likeness (QED) is 0.718. The van der Waals surface area contributed by atoms with Crippen molar-refractivity contribution in [1.29, 1.82) is 0 Å². The molecule has 3 nitrogen and oxygen atoms in total. The van der Waals surface area contributed by atoms with Crippen molar-refractivity contribution in [3.05, 3.63) is 30.3 Å². The second-order valence-corrected chi connectivity index (χ2v) is 2.38. The van der Waals surface area contributed by atoms with E-state index in [0.29, 0.717) is 12.9 Å². The fourth-order valence-electron chi connectivity index (χ4n) is 0.602. The van der Waals surface area contributed by atoms with Crippen LogP contribution in [0.25, 0.3) is 0 Å². The molecule has 1 aromatic carbocycles. The fourth-order valence-corrected chi connectivity index (χ4v) is 0.931. The lowest BCUT2D eigenvalue weighted by atomic mass is 10.3. The number of nitrogens with one attached hydrogen (secondary N) is 1. The molecule has 0 spiro atoms. The van der Waals surface area contributed by atoms with Gasteiger partial charge in [0.1, 0.15) is 0 Å². The lowest BCUT2D eigenvalue weighted by Crippen LogP contribution is -2.01. The topological polar surface area (TPSA) is 52.2 Å². The van der Waals surface area contributed by atoms with Crippen LogP contribution in [0.15, 0.2) is 30.3 Å². The Morgan fingerprint density at radius 3 is 2.25 bits per heavy atom. The number of benzene rings is 1. The van der Waals surface area contributed by atoms with Crippen LogP contribution in [-0.4, -0.2) is 15.9 Å². The van der Waals surface area contributed by atoms with Gasteiger partial charge in [-0.25, -0.2) is 0 Å². The minimum atomic E-state index is -2.22. The van der Waals surface area contributed by atoms with E-state index < -0.39 is 11.3 Å². The van der Waals surface area contributed by atoms with E-state index in [1.807, 2.05) is 6.07 Å². The Morgan fingerprint density at radius 2 is 1.83 bits per heavy atom. The number of alkyl halides is 1. The number of para-hydroxylation sites is 1. The summed E-state index contributed by atoms with van der Waals surface area (Å²) in [7, 11) is 0.500. The summed E-state index contributed by atoms with van der Waals surface area (Å²) >= 11 is -2.22. The lowest BCUT2D eigenvalue weighted by Gasteiger charge is -2.06. The van der Waals surface area contributed by atoms with Gasteiger partial charge in [0.05, 0.1) is 7.18 Å². The number of anilines is 1. The van der Waals surface area contributed by atoms with Crippen molar-refractivity contribution >= 4 is 17.0 Å². The molecule has 0 aliphatic rings. The molecule has 0 amide bonds. The Morgan fingerprint density at radius 1 is 1.33 bits per heavy atom. The van der Waals surface area contributed by atoms with Crippen molar-refractivity contribution in [3.8, 4) is 0 Å². The minimum absolute atomic E-state index is 0.500. The van der Waals surface area contributed by atoms with Gasteiger partial charge in [-0.05, 0) is 12.1 Å². The van der Waals surface area contributed by atoms with E-state index in [1.165, 1.54) is 0 Å². The summed E-state index contributed by atoms with van der Waals surface area (Å²) in [5.41, 5.74) is 0.579. The molecule has 0 aliphatic carbocycles. The molecule has 0 fully saturated rings. The maximum absolute atomic E-state index is 10.1. The second-order valence-electron chi connectivity index (χ2n) is 1.70. The molecule has 0 bridgehead atoms. The molecule has 1 aromatic rings. The normalized spacial score (nSPS) is 10.9. The standard InChI is InChI=1S/C6H7NO2S.CH3F/c8-10(9)7-6-4-2-1-3-5-6;1-2/h1-5,7H,(H,8,9);1H3/p-1. The first-order valence-electron chi connectivity index (χ1n) is 3.08. The zero-order valence-electron chi connectivity index (χ0n) is 6.49. The largest absolute Gasteiger partial charge is 0.755 e. The lowest BCUT2D eigenvalue weighted by molar-refractivity contribution is 0.542. The van der Waals surface area contributed by atoms with Gasteiger partial charge >= 0.3 is 0 Å². The van der Waals surface area contributed by atoms with Crippen molar-refractivity contribution in [3.63, 3.8) is 0 Å². The zero-order valence-corrected chi connectivity index (χ0v) is 7.31. The molecule has 1 atom stereocenters. The van der Waals surface area contributed by atoms with Gasteiger partial charge in [0.15, 0.2) is 0 Å². The molecule has 1 unspecified atom stereocenters. The summed E-state index contributed by atoms with van der Waals surface area (Å²) in [4.78, 5) is 0. The molecule has 0 heterocycles. The smallest absolute Gasteiger partial charge is 0.0785 e. The molecule has 0 aliphatic heterocycles. The number of hydrogen-bond acceptors (Lipinski definition) is 2. The zero-order chi connectivity index (χ0) is 9.40. The highest BCUT2D eigenvalue weighted by atomic mass is 32.2. The predicted octanol–water partition coefficient (Wildman–Crippen LogP) is 1.48. The molecule has 68 valence electrons. The van der Waals surface area contributed by atoms with Gasteiger partial charge in [-0.15, -0.1) is 0 Å². The Labute approximate surface area is 73.0 Å². The third-order valence-corrected chi connectivity index (χ3v) is 1.38. The van der Waals surface area contributed by atoms with Crippen LogP contribution in [0, 0.1) is 0 Å². The first kappa shape index (κ1) is 11.1. The van der Waals surface area contributed by atoms with E-state index in [0.717, 1.165) is 0 Å². The highest BCUT2D eigenvalue weighted by molar-refractivity contribution is 7.80. The Hall–Kier alpha value is -0.940. The van der Waals surface area contributed by atoms with Gasteiger partial charge in [0.2, 0.25) is 0 Å². The summed E-state index contributed by atoms with van der Waals surface area (Å²) in [5, 5.41) is 0. The van der Waals surface area contributed by atoms with Gasteiger partial charge in [0, 0.05) is 17.0 Å². The van der Waals surface area contributed by atoms with Crippen molar-refractivity contribution in [2.75, 3.05) is 11.9 Å².